The van der Waals surface area contributed by atoms with Gasteiger partial charge in [-0.25, -0.2) is 12.8 Å². The molecule has 1 fully saturated rings. The zero-order chi connectivity index (χ0) is 19.4. The Morgan fingerprint density at radius 2 is 1.85 bits per heavy atom. The summed E-state index contributed by atoms with van der Waals surface area (Å²) in [5.41, 5.74) is 0.286. The number of halogens is 1. The molecule has 2 aromatic rings. The quantitative estimate of drug-likeness (QED) is 0.790. The normalized spacial score (nSPS) is 14.7. The second-order valence-electron chi connectivity index (χ2n) is 6.35. The molecular formula is C19H21FN2O4S. The van der Waals surface area contributed by atoms with Crippen molar-refractivity contribution in [2.24, 2.45) is 0 Å². The Morgan fingerprint density at radius 1 is 1.15 bits per heavy atom. The number of para-hydroxylation sites is 1. The predicted octanol–water partition coefficient (Wildman–Crippen LogP) is 3.31. The first-order valence-corrected chi connectivity index (χ1v) is 10.2. The number of anilines is 1. The van der Waals surface area contributed by atoms with E-state index in [2.05, 4.69) is 10.0 Å². The molecule has 1 aliphatic rings. The summed E-state index contributed by atoms with van der Waals surface area (Å²) in [5, 5.41) is 2.45. The van der Waals surface area contributed by atoms with Gasteiger partial charge in [-0.1, -0.05) is 12.1 Å². The molecule has 0 aromatic heterocycles. The Balaban J connectivity index is 1.83. The molecule has 2 N–H and O–H groups in total. The van der Waals surface area contributed by atoms with E-state index < -0.39 is 21.7 Å². The van der Waals surface area contributed by atoms with Gasteiger partial charge in [0.2, 0.25) is 0 Å². The molecule has 144 valence electrons. The third-order valence-electron chi connectivity index (χ3n) is 4.45. The van der Waals surface area contributed by atoms with E-state index in [-0.39, 0.29) is 28.0 Å². The van der Waals surface area contributed by atoms with Crippen molar-refractivity contribution in [1.82, 2.24) is 5.32 Å². The molecule has 8 heteroatoms. The number of sulfonamides is 1. The molecule has 1 saturated carbocycles. The highest BCUT2D eigenvalue weighted by Gasteiger charge is 2.22. The Bertz CT molecular complexity index is 940. The van der Waals surface area contributed by atoms with Crippen molar-refractivity contribution in [2.45, 2.75) is 36.7 Å². The number of amides is 1. The lowest BCUT2D eigenvalue weighted by molar-refractivity contribution is 0.0964. The van der Waals surface area contributed by atoms with Gasteiger partial charge in [-0.15, -0.1) is 0 Å². The molecule has 0 atom stereocenters. The van der Waals surface area contributed by atoms with Gasteiger partial charge in [-0.3, -0.25) is 9.52 Å². The van der Waals surface area contributed by atoms with E-state index in [1.54, 1.807) is 12.1 Å². The largest absolute Gasteiger partial charge is 0.487 e. The van der Waals surface area contributed by atoms with Crippen LogP contribution in [0.2, 0.25) is 0 Å². The van der Waals surface area contributed by atoms with Gasteiger partial charge in [0.1, 0.15) is 0 Å². The number of carbonyl (C=O) groups is 1. The highest BCUT2D eigenvalue weighted by atomic mass is 32.2. The van der Waals surface area contributed by atoms with Crippen molar-refractivity contribution >= 4 is 21.6 Å². The molecule has 0 spiro atoms. The first kappa shape index (κ1) is 19.2. The van der Waals surface area contributed by atoms with Crippen LogP contribution in [0.5, 0.6) is 5.75 Å². The monoisotopic (exact) mass is 392 g/mol. The molecule has 0 heterocycles. The highest BCUT2D eigenvalue weighted by molar-refractivity contribution is 7.92. The van der Waals surface area contributed by atoms with Crippen LogP contribution in [0.3, 0.4) is 0 Å². The Hall–Kier alpha value is -2.61. The van der Waals surface area contributed by atoms with Crippen molar-refractivity contribution in [1.29, 1.82) is 0 Å². The van der Waals surface area contributed by atoms with Crippen molar-refractivity contribution < 1.29 is 22.3 Å². The van der Waals surface area contributed by atoms with Crippen LogP contribution in [0.1, 0.15) is 36.0 Å². The van der Waals surface area contributed by atoms with E-state index in [0.717, 1.165) is 31.7 Å². The smallest absolute Gasteiger partial charge is 0.262 e. The number of benzene rings is 2. The number of nitrogens with one attached hydrogen (secondary N) is 2. The van der Waals surface area contributed by atoms with Gasteiger partial charge in [-0.05, 0) is 56.0 Å². The highest BCUT2D eigenvalue weighted by Crippen LogP contribution is 2.28. The lowest BCUT2D eigenvalue weighted by Gasteiger charge is -2.15. The Kier molecular flexibility index (Phi) is 5.65. The summed E-state index contributed by atoms with van der Waals surface area (Å²) in [6.07, 6.45) is 3.81. The Morgan fingerprint density at radius 3 is 2.52 bits per heavy atom. The average molecular weight is 392 g/mol. The first-order chi connectivity index (χ1) is 12.9. The summed E-state index contributed by atoms with van der Waals surface area (Å²) < 4.78 is 47.6. The molecule has 0 radical (unpaired) electrons. The molecule has 1 amide bonds. The van der Waals surface area contributed by atoms with Crippen LogP contribution in [-0.2, 0) is 10.0 Å². The minimum absolute atomic E-state index is 0.0282. The van der Waals surface area contributed by atoms with Gasteiger partial charge in [0.15, 0.2) is 11.6 Å². The molecule has 0 saturated heterocycles. The maximum Gasteiger partial charge on any atom is 0.262 e. The number of hydrogen-bond acceptors (Lipinski definition) is 4. The van der Waals surface area contributed by atoms with Crippen molar-refractivity contribution in [2.75, 3.05) is 11.8 Å². The predicted molar refractivity (Wildman–Crippen MR) is 99.9 cm³/mol. The average Bonchev–Trinajstić information content (AvgIpc) is 3.16. The fourth-order valence-corrected chi connectivity index (χ4v) is 4.13. The van der Waals surface area contributed by atoms with Crippen LogP contribution < -0.4 is 14.8 Å². The molecule has 0 aliphatic heterocycles. The number of rotatable bonds is 6. The van der Waals surface area contributed by atoms with E-state index >= 15 is 0 Å². The summed E-state index contributed by atoms with van der Waals surface area (Å²) in [4.78, 5) is 11.7. The Labute approximate surface area is 157 Å². The van der Waals surface area contributed by atoms with Gasteiger partial charge in [-0.2, -0.15) is 0 Å². The number of carbonyl (C=O) groups excluding carboxylic acids is 1. The third kappa shape index (κ3) is 4.39. The zero-order valence-corrected chi connectivity index (χ0v) is 15.7. The molecule has 27 heavy (non-hydrogen) atoms. The molecule has 0 unspecified atom stereocenters. The van der Waals surface area contributed by atoms with E-state index in [1.807, 2.05) is 0 Å². The third-order valence-corrected chi connectivity index (χ3v) is 5.82. The van der Waals surface area contributed by atoms with Crippen LogP contribution in [0.15, 0.2) is 47.4 Å². The SMILES string of the molecule is CNC(=O)c1ccccc1NS(=O)(=O)c1ccc(OC2CCCC2)c(F)c1. The number of ether oxygens (including phenoxy) is 1. The fraction of sp³-hybridized carbons (Fsp3) is 0.316. The van der Waals surface area contributed by atoms with Gasteiger partial charge in [0, 0.05) is 7.05 Å². The topological polar surface area (TPSA) is 84.5 Å². The lowest BCUT2D eigenvalue weighted by atomic mass is 10.2. The maximum absolute atomic E-state index is 14.4. The molecular weight excluding hydrogens is 371 g/mol. The molecule has 6 nitrogen and oxygen atoms in total. The second kappa shape index (κ2) is 7.96. The minimum atomic E-state index is -4.07. The van der Waals surface area contributed by atoms with Gasteiger partial charge >= 0.3 is 0 Å². The van der Waals surface area contributed by atoms with E-state index in [0.29, 0.717) is 0 Å². The molecule has 1 aliphatic carbocycles. The molecule has 2 aromatic carbocycles. The molecule has 3 rings (SSSR count). The standard InChI is InChI=1S/C19H21FN2O4S/c1-21-19(23)15-8-4-5-9-17(15)22-27(24,25)14-10-11-18(16(20)12-14)26-13-6-2-3-7-13/h4-5,8-13,22H,2-3,6-7H2,1H3,(H,21,23). The summed E-state index contributed by atoms with van der Waals surface area (Å²) >= 11 is 0. The summed E-state index contributed by atoms with van der Waals surface area (Å²) in [7, 11) is -2.62. The fourth-order valence-electron chi connectivity index (χ4n) is 3.04. The second-order valence-corrected chi connectivity index (χ2v) is 8.03. The van der Waals surface area contributed by atoms with Crippen LogP contribution in [0.25, 0.3) is 0 Å². The van der Waals surface area contributed by atoms with Crippen LogP contribution in [0.4, 0.5) is 10.1 Å². The van der Waals surface area contributed by atoms with Crippen LogP contribution in [-0.4, -0.2) is 27.5 Å². The lowest BCUT2D eigenvalue weighted by Crippen LogP contribution is -2.21. The molecule has 0 bridgehead atoms. The van der Waals surface area contributed by atoms with Gasteiger partial charge < -0.3 is 10.1 Å². The summed E-state index contributed by atoms with van der Waals surface area (Å²) in [6.45, 7) is 0. The first-order valence-electron chi connectivity index (χ1n) is 8.71. The maximum atomic E-state index is 14.4. The van der Waals surface area contributed by atoms with Crippen molar-refractivity contribution in [3.05, 3.63) is 53.8 Å². The number of hydrogen-bond donors (Lipinski definition) is 2. The van der Waals surface area contributed by atoms with Gasteiger partial charge in [0.25, 0.3) is 15.9 Å². The van der Waals surface area contributed by atoms with Crippen molar-refractivity contribution in [3.63, 3.8) is 0 Å². The zero-order valence-electron chi connectivity index (χ0n) is 14.9. The van der Waals surface area contributed by atoms with Crippen LogP contribution >= 0.6 is 0 Å². The van der Waals surface area contributed by atoms with E-state index in [9.17, 15) is 17.6 Å². The van der Waals surface area contributed by atoms with E-state index in [1.165, 1.54) is 31.3 Å². The summed E-state index contributed by atoms with van der Waals surface area (Å²) in [5.74, 6) is -1.12. The summed E-state index contributed by atoms with van der Waals surface area (Å²) in [6, 6.07) is 9.73. The van der Waals surface area contributed by atoms with Crippen LogP contribution in [0, 0.1) is 5.82 Å². The minimum Gasteiger partial charge on any atom is -0.487 e. The van der Waals surface area contributed by atoms with Crippen molar-refractivity contribution in [3.8, 4) is 5.75 Å². The van der Waals surface area contributed by atoms with Gasteiger partial charge in [0.05, 0.1) is 22.3 Å². The van der Waals surface area contributed by atoms with E-state index in [4.69, 9.17) is 4.74 Å².